The van der Waals surface area contributed by atoms with Gasteiger partial charge in [-0.25, -0.2) is 0 Å². The van der Waals surface area contributed by atoms with Crippen LogP contribution >= 0.6 is 0 Å². The molecule has 0 bridgehead atoms. The summed E-state index contributed by atoms with van der Waals surface area (Å²) >= 11 is 0. The molecule has 0 spiro atoms. The monoisotopic (exact) mass is 304 g/mol. The molecule has 0 aromatic heterocycles. The first-order chi connectivity index (χ1) is 10.6. The number of benzene rings is 1. The lowest BCUT2D eigenvalue weighted by atomic mass is 10.0. The smallest absolute Gasteiger partial charge is 0.267 e. The summed E-state index contributed by atoms with van der Waals surface area (Å²) in [6, 6.07) is 7.23. The van der Waals surface area contributed by atoms with E-state index in [1.165, 1.54) is 5.57 Å². The molecule has 2 amide bonds. The molecule has 0 heterocycles. The van der Waals surface area contributed by atoms with E-state index >= 15 is 0 Å². The predicted octanol–water partition coefficient (Wildman–Crippen LogP) is 3.94. The largest absolute Gasteiger partial charge is 0.269 e. The van der Waals surface area contributed by atoms with Crippen LogP contribution in [0.2, 0.25) is 0 Å². The van der Waals surface area contributed by atoms with E-state index in [1.807, 2.05) is 52.0 Å². The quantitative estimate of drug-likeness (QED) is 0.813. The number of allylic oxidation sites excluding steroid dienone is 2. The van der Waals surface area contributed by atoms with Gasteiger partial charge in [-0.3, -0.25) is 20.4 Å². The molecule has 0 fully saturated rings. The van der Waals surface area contributed by atoms with Crippen LogP contribution in [-0.2, 0) is 4.79 Å². The van der Waals surface area contributed by atoms with Crippen LogP contribution < -0.4 is 10.9 Å². The van der Waals surface area contributed by atoms with Crippen molar-refractivity contribution in [3.8, 4) is 0 Å². The average Bonchev–Trinajstić information content (AvgIpc) is 2.54. The van der Waals surface area contributed by atoms with Crippen molar-refractivity contribution in [2.45, 2.75) is 40.5 Å². The van der Waals surface area contributed by atoms with Gasteiger partial charge >= 0.3 is 0 Å². The summed E-state index contributed by atoms with van der Waals surface area (Å²) in [5.74, 6) is -0.598. The van der Waals surface area contributed by atoms with Crippen molar-refractivity contribution in [2.24, 2.45) is 0 Å². The molecule has 2 N–H and O–H groups in total. The Morgan fingerprint density at radius 1 is 1.05 bits per heavy atom. The van der Waals surface area contributed by atoms with E-state index in [-0.39, 0.29) is 14.7 Å². The zero-order valence-electron chi connectivity index (χ0n) is 13.7. The summed E-state index contributed by atoms with van der Waals surface area (Å²) in [4.78, 5) is 23.9. The van der Waals surface area contributed by atoms with Crippen molar-refractivity contribution in [2.75, 3.05) is 0 Å². The second-order valence-corrected chi connectivity index (χ2v) is 4.91. The summed E-state index contributed by atoms with van der Waals surface area (Å²) in [5, 5.41) is 0. The molecule has 0 saturated carbocycles. The molecule has 122 valence electrons. The van der Waals surface area contributed by atoms with Gasteiger partial charge in [-0.2, -0.15) is 0 Å². The van der Waals surface area contributed by atoms with Crippen LogP contribution in [0.3, 0.4) is 0 Å². The molecular formula is C18H28N2O2. The van der Waals surface area contributed by atoms with Crippen LogP contribution in [-0.4, -0.2) is 11.8 Å². The van der Waals surface area contributed by atoms with Gasteiger partial charge in [0.2, 0.25) is 0 Å². The first-order valence-electron chi connectivity index (χ1n) is 7.61. The summed E-state index contributed by atoms with van der Waals surface area (Å²) in [6.45, 7) is 7.85. The molecule has 2 rings (SSSR count). The predicted molar refractivity (Wildman–Crippen MR) is 93.4 cm³/mol. The number of aryl methyl sites for hydroxylation is 1. The van der Waals surface area contributed by atoms with E-state index < -0.39 is 0 Å². The second kappa shape index (κ2) is 8.82. The van der Waals surface area contributed by atoms with Gasteiger partial charge in [0.25, 0.3) is 11.8 Å². The maximum Gasteiger partial charge on any atom is 0.269 e. The Balaban J connectivity index is 0. The maximum atomic E-state index is 12.0. The lowest BCUT2D eigenvalue weighted by Crippen LogP contribution is -2.42. The molecule has 1 aromatic rings. The van der Waals surface area contributed by atoms with Crippen LogP contribution in [0.5, 0.6) is 0 Å². The highest BCUT2D eigenvalue weighted by Crippen LogP contribution is 2.16. The molecule has 1 aliphatic carbocycles. The first-order valence-corrected chi connectivity index (χ1v) is 7.61. The molecular weight excluding hydrogens is 276 g/mol. The third kappa shape index (κ3) is 4.88. The zero-order chi connectivity index (χ0) is 16.5. The minimum absolute atomic E-state index is 0. The van der Waals surface area contributed by atoms with Crippen molar-refractivity contribution >= 4 is 11.8 Å². The van der Waals surface area contributed by atoms with Gasteiger partial charge in [0, 0.05) is 14.0 Å². The molecule has 0 aliphatic heterocycles. The Bertz CT molecular complexity index is 611. The highest BCUT2D eigenvalue weighted by molar-refractivity contribution is 6.00. The number of amides is 2. The van der Waals surface area contributed by atoms with Gasteiger partial charge in [-0.15, -0.1) is 0 Å². The molecule has 1 aliphatic rings. The standard InChI is InChI=1S/C16H18N2O2.C2H6.2H2/c1-11-6-5-8-13(10-11)15(19)17-18-16(20)14-9-4-3-7-12(14)2;1-2;;/h3-4,7-10H,5-6H2,1-2H3,(H,17,19)(H,18,20);1-2H3;2*1H. The Morgan fingerprint density at radius 3 is 2.32 bits per heavy atom. The van der Waals surface area contributed by atoms with Gasteiger partial charge in [-0.1, -0.05) is 49.8 Å². The highest BCUT2D eigenvalue weighted by Gasteiger charge is 2.13. The Hall–Kier alpha value is -2.36. The second-order valence-electron chi connectivity index (χ2n) is 4.91. The molecule has 22 heavy (non-hydrogen) atoms. The fraction of sp³-hybridized carbons (Fsp3) is 0.333. The Kier molecular flexibility index (Phi) is 7.09. The third-order valence-corrected chi connectivity index (χ3v) is 3.25. The van der Waals surface area contributed by atoms with E-state index in [0.717, 1.165) is 18.4 Å². The molecule has 0 saturated heterocycles. The van der Waals surface area contributed by atoms with Crippen LogP contribution in [0.4, 0.5) is 0 Å². The van der Waals surface area contributed by atoms with Crippen molar-refractivity contribution < 1.29 is 12.4 Å². The van der Waals surface area contributed by atoms with Crippen LogP contribution in [0, 0.1) is 6.92 Å². The normalized spacial score (nSPS) is 13.1. The summed E-state index contributed by atoms with van der Waals surface area (Å²) in [6.07, 6.45) is 5.56. The van der Waals surface area contributed by atoms with Crippen molar-refractivity contribution in [3.63, 3.8) is 0 Å². The molecule has 4 heteroatoms. The topological polar surface area (TPSA) is 58.2 Å². The molecule has 0 unspecified atom stereocenters. The van der Waals surface area contributed by atoms with Crippen molar-refractivity contribution in [1.82, 2.24) is 10.9 Å². The Morgan fingerprint density at radius 2 is 1.68 bits per heavy atom. The number of nitrogens with one attached hydrogen (secondary N) is 2. The lowest BCUT2D eigenvalue weighted by Gasteiger charge is -2.12. The molecule has 0 radical (unpaired) electrons. The van der Waals surface area contributed by atoms with E-state index in [1.54, 1.807) is 12.1 Å². The summed E-state index contributed by atoms with van der Waals surface area (Å²) < 4.78 is 0. The zero-order valence-corrected chi connectivity index (χ0v) is 13.7. The third-order valence-electron chi connectivity index (χ3n) is 3.25. The number of carbonyl (C=O) groups excluding carboxylic acids is 2. The number of rotatable bonds is 2. The van der Waals surface area contributed by atoms with Crippen molar-refractivity contribution in [3.05, 3.63) is 58.7 Å². The fourth-order valence-corrected chi connectivity index (χ4v) is 2.09. The van der Waals surface area contributed by atoms with Gasteiger partial charge in [0.05, 0.1) is 0 Å². The SMILES string of the molecule is CC.CC1=CC(C(=O)NNC(=O)c2ccccc2C)=CCC1.[HH].[HH]. The Labute approximate surface area is 135 Å². The minimum Gasteiger partial charge on any atom is -0.267 e. The van der Waals surface area contributed by atoms with Crippen molar-refractivity contribution in [1.29, 1.82) is 0 Å². The van der Waals surface area contributed by atoms with E-state index in [4.69, 9.17) is 0 Å². The van der Waals surface area contributed by atoms with Gasteiger partial charge in [-0.05, 0) is 38.3 Å². The fourth-order valence-electron chi connectivity index (χ4n) is 2.09. The summed E-state index contributed by atoms with van der Waals surface area (Å²) in [5.41, 5.74) is 8.08. The van der Waals surface area contributed by atoms with Crippen LogP contribution in [0.1, 0.15) is 52.4 Å². The van der Waals surface area contributed by atoms with E-state index in [9.17, 15) is 9.59 Å². The van der Waals surface area contributed by atoms with E-state index in [0.29, 0.717) is 11.1 Å². The van der Waals surface area contributed by atoms with Crippen LogP contribution in [0.15, 0.2) is 47.6 Å². The molecule has 0 atom stereocenters. The van der Waals surface area contributed by atoms with Crippen LogP contribution in [0.25, 0.3) is 0 Å². The maximum absolute atomic E-state index is 12.0. The van der Waals surface area contributed by atoms with E-state index in [2.05, 4.69) is 10.9 Å². The van der Waals surface area contributed by atoms with Gasteiger partial charge < -0.3 is 0 Å². The summed E-state index contributed by atoms with van der Waals surface area (Å²) in [7, 11) is 0. The highest BCUT2D eigenvalue weighted by atomic mass is 16.2. The minimum atomic E-state index is -0.312. The first kappa shape index (κ1) is 17.7. The van der Waals surface area contributed by atoms with Gasteiger partial charge in [0.1, 0.15) is 0 Å². The average molecular weight is 304 g/mol. The number of hydrogen-bond acceptors (Lipinski definition) is 2. The number of hydrogen-bond donors (Lipinski definition) is 2. The number of hydrazine groups is 1. The number of carbonyl (C=O) groups is 2. The van der Waals surface area contributed by atoms with Gasteiger partial charge in [0.15, 0.2) is 0 Å². The molecule has 4 nitrogen and oxygen atoms in total. The lowest BCUT2D eigenvalue weighted by molar-refractivity contribution is -0.117. The molecule has 1 aromatic carbocycles.